The molecule has 0 spiro atoms. The molecular weight excluding hydrogens is 263 g/mol. The zero-order chi connectivity index (χ0) is 12.8. The highest BCUT2D eigenvalue weighted by molar-refractivity contribution is 6.31. The third kappa shape index (κ3) is 5.06. The second kappa shape index (κ2) is 6.47. The predicted octanol–water partition coefficient (Wildman–Crippen LogP) is 2.29. The number of carbonyl (C=O) groups is 2. The number of alkyl halides is 1. The summed E-state index contributed by atoms with van der Waals surface area (Å²) in [6, 6.07) is 6.49. The Balaban J connectivity index is 2.41. The van der Waals surface area contributed by atoms with Crippen molar-refractivity contribution in [2.75, 3.05) is 0 Å². The summed E-state index contributed by atoms with van der Waals surface area (Å²) >= 11 is 11.3. The highest BCUT2D eigenvalue weighted by Gasteiger charge is 2.12. The average molecular weight is 275 g/mol. The van der Waals surface area contributed by atoms with Gasteiger partial charge in [-0.1, -0.05) is 23.7 Å². The van der Waals surface area contributed by atoms with E-state index in [1.165, 1.54) is 6.92 Å². The molecule has 0 aliphatic heterocycles. The van der Waals surface area contributed by atoms with E-state index in [-0.39, 0.29) is 6.54 Å². The van der Waals surface area contributed by atoms with Crippen LogP contribution in [0.4, 0.5) is 4.79 Å². The number of hydrogen-bond donors (Lipinski definition) is 2. The Labute approximate surface area is 109 Å². The van der Waals surface area contributed by atoms with Gasteiger partial charge in [0.05, 0.1) is 0 Å². The molecule has 2 N–H and O–H groups in total. The maximum atomic E-state index is 11.3. The Morgan fingerprint density at radius 3 is 2.71 bits per heavy atom. The summed E-state index contributed by atoms with van der Waals surface area (Å²) < 4.78 is 0. The molecule has 92 valence electrons. The first kappa shape index (κ1) is 13.8. The molecule has 1 aromatic carbocycles. The summed E-state index contributed by atoms with van der Waals surface area (Å²) in [5, 5.41) is 4.48. The normalized spacial score (nSPS) is 11.7. The van der Waals surface area contributed by atoms with E-state index < -0.39 is 17.3 Å². The number of benzene rings is 1. The molecule has 4 nitrogen and oxygen atoms in total. The molecule has 17 heavy (non-hydrogen) atoms. The molecule has 0 saturated carbocycles. The van der Waals surface area contributed by atoms with Crippen LogP contribution in [0.2, 0.25) is 5.02 Å². The van der Waals surface area contributed by atoms with Crippen LogP contribution in [0, 0.1) is 0 Å². The lowest BCUT2D eigenvalue weighted by Crippen LogP contribution is -2.41. The van der Waals surface area contributed by atoms with Crippen LogP contribution in [-0.4, -0.2) is 17.3 Å². The number of amides is 3. The molecule has 6 heteroatoms. The van der Waals surface area contributed by atoms with Crippen LogP contribution in [0.25, 0.3) is 0 Å². The Kier molecular flexibility index (Phi) is 5.25. The van der Waals surface area contributed by atoms with Crippen molar-refractivity contribution in [3.8, 4) is 0 Å². The first-order valence-corrected chi connectivity index (χ1v) is 5.77. The van der Waals surface area contributed by atoms with E-state index in [0.29, 0.717) is 5.02 Å². The van der Waals surface area contributed by atoms with Crippen molar-refractivity contribution in [1.82, 2.24) is 10.6 Å². The summed E-state index contributed by atoms with van der Waals surface area (Å²) in [5.41, 5.74) is 0.846. The van der Waals surface area contributed by atoms with Crippen molar-refractivity contribution >= 4 is 35.1 Å². The molecule has 0 fully saturated rings. The Morgan fingerprint density at radius 2 is 2.12 bits per heavy atom. The molecule has 0 aliphatic rings. The van der Waals surface area contributed by atoms with Gasteiger partial charge in [0.15, 0.2) is 0 Å². The number of halogens is 2. The average Bonchev–Trinajstić information content (AvgIpc) is 2.26. The van der Waals surface area contributed by atoms with E-state index >= 15 is 0 Å². The minimum absolute atomic E-state index is 0.288. The van der Waals surface area contributed by atoms with Gasteiger partial charge in [0.2, 0.25) is 5.91 Å². The molecule has 1 rings (SSSR count). The van der Waals surface area contributed by atoms with Crippen molar-refractivity contribution < 1.29 is 9.59 Å². The van der Waals surface area contributed by atoms with Gasteiger partial charge in [0, 0.05) is 11.6 Å². The summed E-state index contributed by atoms with van der Waals surface area (Å²) in [5.74, 6) is -0.532. The molecule has 3 amide bonds. The maximum absolute atomic E-state index is 11.3. The zero-order valence-electron chi connectivity index (χ0n) is 9.17. The molecule has 1 aromatic rings. The molecule has 0 saturated heterocycles. The van der Waals surface area contributed by atoms with Crippen LogP contribution in [0.3, 0.4) is 0 Å². The Hall–Kier alpha value is -1.26. The summed E-state index contributed by atoms with van der Waals surface area (Å²) in [7, 11) is 0. The van der Waals surface area contributed by atoms with Crippen molar-refractivity contribution in [2.45, 2.75) is 18.8 Å². The molecule has 1 atom stereocenters. The molecule has 0 heterocycles. The number of hydrogen-bond acceptors (Lipinski definition) is 2. The number of urea groups is 1. The fraction of sp³-hybridized carbons (Fsp3) is 0.273. The lowest BCUT2D eigenvalue weighted by atomic mass is 10.2. The van der Waals surface area contributed by atoms with Gasteiger partial charge in [-0.15, -0.1) is 11.6 Å². The van der Waals surface area contributed by atoms with Crippen molar-refractivity contribution in [3.63, 3.8) is 0 Å². The van der Waals surface area contributed by atoms with Gasteiger partial charge >= 0.3 is 6.03 Å². The van der Waals surface area contributed by atoms with E-state index in [1.807, 2.05) is 6.07 Å². The van der Waals surface area contributed by atoms with Crippen LogP contribution < -0.4 is 10.6 Å². The lowest BCUT2D eigenvalue weighted by molar-refractivity contribution is -0.119. The maximum Gasteiger partial charge on any atom is 0.321 e. The minimum atomic E-state index is -0.744. The highest BCUT2D eigenvalue weighted by Crippen LogP contribution is 2.10. The van der Waals surface area contributed by atoms with Crippen molar-refractivity contribution in [3.05, 3.63) is 34.9 Å². The minimum Gasteiger partial charge on any atom is -0.334 e. The monoisotopic (exact) mass is 274 g/mol. The van der Waals surface area contributed by atoms with Crippen LogP contribution >= 0.6 is 23.2 Å². The number of rotatable bonds is 3. The van der Waals surface area contributed by atoms with Crippen LogP contribution in [0.1, 0.15) is 12.5 Å². The van der Waals surface area contributed by atoms with Gasteiger partial charge in [-0.05, 0) is 24.6 Å². The zero-order valence-corrected chi connectivity index (χ0v) is 10.7. The number of carbonyl (C=O) groups excluding carboxylic acids is 2. The van der Waals surface area contributed by atoms with E-state index in [4.69, 9.17) is 23.2 Å². The molecule has 0 aliphatic carbocycles. The lowest BCUT2D eigenvalue weighted by Gasteiger charge is -2.07. The fourth-order valence-electron chi connectivity index (χ4n) is 1.08. The predicted molar refractivity (Wildman–Crippen MR) is 67.1 cm³/mol. The van der Waals surface area contributed by atoms with Gasteiger partial charge in [-0.3, -0.25) is 10.1 Å². The van der Waals surface area contributed by atoms with Gasteiger partial charge in [-0.2, -0.15) is 0 Å². The smallest absolute Gasteiger partial charge is 0.321 e. The first-order valence-electron chi connectivity index (χ1n) is 4.96. The number of nitrogens with one attached hydrogen (secondary N) is 2. The van der Waals surface area contributed by atoms with Gasteiger partial charge in [0.1, 0.15) is 5.38 Å². The third-order valence-corrected chi connectivity index (χ3v) is 2.37. The van der Waals surface area contributed by atoms with Gasteiger partial charge in [-0.25, -0.2) is 4.79 Å². The fourth-order valence-corrected chi connectivity index (χ4v) is 1.35. The SMILES string of the molecule is CC(Cl)C(=O)NC(=O)NCc1cccc(Cl)c1. The summed E-state index contributed by atoms with van der Waals surface area (Å²) in [4.78, 5) is 22.4. The molecule has 0 radical (unpaired) electrons. The van der Waals surface area contributed by atoms with Crippen LogP contribution in [0.5, 0.6) is 0 Å². The highest BCUT2D eigenvalue weighted by atomic mass is 35.5. The summed E-state index contributed by atoms with van der Waals surface area (Å²) in [6.45, 7) is 1.78. The molecule has 1 unspecified atom stereocenters. The van der Waals surface area contributed by atoms with Gasteiger partial charge in [0.25, 0.3) is 0 Å². The van der Waals surface area contributed by atoms with Gasteiger partial charge < -0.3 is 5.32 Å². The second-order valence-corrected chi connectivity index (χ2v) is 4.51. The van der Waals surface area contributed by atoms with Crippen LogP contribution in [0.15, 0.2) is 24.3 Å². The third-order valence-electron chi connectivity index (χ3n) is 1.94. The Bertz CT molecular complexity index is 422. The van der Waals surface area contributed by atoms with Crippen LogP contribution in [-0.2, 0) is 11.3 Å². The second-order valence-electron chi connectivity index (χ2n) is 3.42. The standard InChI is InChI=1S/C11H12Cl2N2O2/c1-7(12)10(16)15-11(17)14-6-8-3-2-4-9(13)5-8/h2-5,7H,6H2,1H3,(H2,14,15,16,17). The molecule has 0 aromatic heterocycles. The topological polar surface area (TPSA) is 58.2 Å². The Morgan fingerprint density at radius 1 is 1.41 bits per heavy atom. The van der Waals surface area contributed by atoms with Crippen molar-refractivity contribution in [1.29, 1.82) is 0 Å². The van der Waals surface area contributed by atoms with E-state index in [1.54, 1.807) is 18.2 Å². The molecule has 0 bridgehead atoms. The number of imide groups is 1. The molecular formula is C11H12Cl2N2O2. The van der Waals surface area contributed by atoms with E-state index in [0.717, 1.165) is 5.56 Å². The van der Waals surface area contributed by atoms with E-state index in [9.17, 15) is 9.59 Å². The summed E-state index contributed by atoms with van der Waals surface area (Å²) in [6.07, 6.45) is 0. The first-order chi connectivity index (χ1) is 7.99. The quantitative estimate of drug-likeness (QED) is 0.831. The largest absolute Gasteiger partial charge is 0.334 e. The van der Waals surface area contributed by atoms with Crippen molar-refractivity contribution in [2.24, 2.45) is 0 Å². The van der Waals surface area contributed by atoms with E-state index in [2.05, 4.69) is 10.6 Å².